The Kier molecular flexibility index (Phi) is 4.04. The summed E-state index contributed by atoms with van der Waals surface area (Å²) in [4.78, 5) is 24.6. The number of hydrogen-bond donors (Lipinski definition) is 2. The van der Waals surface area contributed by atoms with Crippen LogP contribution < -0.4 is 5.32 Å². The van der Waals surface area contributed by atoms with E-state index in [0.717, 1.165) is 11.1 Å². The average Bonchev–Trinajstić information content (AvgIpc) is 2.82. The summed E-state index contributed by atoms with van der Waals surface area (Å²) < 4.78 is 0. The quantitative estimate of drug-likeness (QED) is 0.869. The smallest absolute Gasteiger partial charge is 0.318 e. The minimum atomic E-state index is -0.868. The second kappa shape index (κ2) is 5.73. The van der Waals surface area contributed by atoms with Gasteiger partial charge in [0.05, 0.1) is 5.92 Å². The van der Waals surface area contributed by atoms with Crippen LogP contribution in [0.3, 0.4) is 0 Å². The van der Waals surface area contributed by atoms with Crippen molar-refractivity contribution in [2.45, 2.75) is 26.4 Å². The highest BCUT2D eigenvalue weighted by Crippen LogP contribution is 2.21. The number of carboxylic acids is 1. The zero-order valence-electron chi connectivity index (χ0n) is 10.9. The van der Waals surface area contributed by atoms with E-state index in [-0.39, 0.29) is 12.6 Å². The molecule has 0 saturated carbocycles. The highest BCUT2D eigenvalue weighted by Gasteiger charge is 2.24. The van der Waals surface area contributed by atoms with Crippen LogP contribution in [-0.2, 0) is 17.9 Å². The van der Waals surface area contributed by atoms with Crippen LogP contribution in [0.5, 0.6) is 0 Å². The number of rotatable bonds is 4. The molecule has 19 heavy (non-hydrogen) atoms. The summed E-state index contributed by atoms with van der Waals surface area (Å²) in [6, 6.07) is 7.73. The van der Waals surface area contributed by atoms with Gasteiger partial charge in [-0.1, -0.05) is 31.2 Å². The molecule has 1 aromatic rings. The molecule has 0 spiro atoms. The van der Waals surface area contributed by atoms with Crippen molar-refractivity contribution in [2.75, 3.05) is 6.54 Å². The van der Waals surface area contributed by atoms with Gasteiger partial charge in [0.2, 0.25) is 0 Å². The van der Waals surface area contributed by atoms with Crippen molar-refractivity contribution >= 4 is 12.0 Å². The van der Waals surface area contributed by atoms with Gasteiger partial charge in [0, 0.05) is 19.6 Å². The van der Waals surface area contributed by atoms with Crippen LogP contribution in [0.4, 0.5) is 4.79 Å². The number of fused-ring (bicyclic) bond motifs is 1. The van der Waals surface area contributed by atoms with Crippen LogP contribution in [0.2, 0.25) is 0 Å². The third-order valence-corrected chi connectivity index (χ3v) is 3.47. The third-order valence-electron chi connectivity index (χ3n) is 3.47. The fourth-order valence-electron chi connectivity index (χ4n) is 2.21. The summed E-state index contributed by atoms with van der Waals surface area (Å²) in [7, 11) is 0. The van der Waals surface area contributed by atoms with E-state index in [0.29, 0.717) is 19.5 Å². The predicted molar refractivity (Wildman–Crippen MR) is 70.5 cm³/mol. The number of nitrogens with one attached hydrogen (secondary N) is 1. The number of benzene rings is 1. The molecule has 1 aliphatic heterocycles. The summed E-state index contributed by atoms with van der Waals surface area (Å²) in [6.07, 6.45) is 0.510. The minimum Gasteiger partial charge on any atom is -0.481 e. The molecule has 0 radical (unpaired) electrons. The highest BCUT2D eigenvalue weighted by molar-refractivity contribution is 5.76. The number of hydrogen-bond acceptors (Lipinski definition) is 2. The van der Waals surface area contributed by atoms with Crippen molar-refractivity contribution in [3.8, 4) is 0 Å². The lowest BCUT2D eigenvalue weighted by Crippen LogP contribution is -2.40. The Morgan fingerprint density at radius 1 is 1.32 bits per heavy atom. The molecule has 5 heteroatoms. The second-order valence-electron chi connectivity index (χ2n) is 4.75. The maximum Gasteiger partial charge on any atom is 0.318 e. The van der Waals surface area contributed by atoms with Gasteiger partial charge >= 0.3 is 12.0 Å². The van der Waals surface area contributed by atoms with Gasteiger partial charge < -0.3 is 15.3 Å². The van der Waals surface area contributed by atoms with Gasteiger partial charge in [0.15, 0.2) is 0 Å². The van der Waals surface area contributed by atoms with Crippen LogP contribution in [0.15, 0.2) is 24.3 Å². The maximum absolute atomic E-state index is 12.0. The van der Waals surface area contributed by atoms with E-state index in [1.807, 2.05) is 24.3 Å². The molecule has 0 bridgehead atoms. The summed E-state index contributed by atoms with van der Waals surface area (Å²) in [5, 5.41) is 11.6. The van der Waals surface area contributed by atoms with E-state index in [9.17, 15) is 9.59 Å². The number of urea groups is 1. The molecule has 1 aromatic carbocycles. The molecule has 0 aromatic heterocycles. The van der Waals surface area contributed by atoms with Gasteiger partial charge in [0.25, 0.3) is 0 Å². The first-order chi connectivity index (χ1) is 9.11. The van der Waals surface area contributed by atoms with Crippen molar-refractivity contribution < 1.29 is 14.7 Å². The lowest BCUT2D eigenvalue weighted by molar-refractivity contribution is -0.141. The molecule has 0 aliphatic carbocycles. The molecule has 0 fully saturated rings. The van der Waals surface area contributed by atoms with E-state index < -0.39 is 11.9 Å². The lowest BCUT2D eigenvalue weighted by atomic mass is 10.1. The molecule has 0 saturated heterocycles. The Bertz CT molecular complexity index is 462. The fraction of sp³-hybridized carbons (Fsp3) is 0.429. The molecular formula is C14H18N2O3. The molecule has 1 unspecified atom stereocenters. The Labute approximate surface area is 112 Å². The van der Waals surface area contributed by atoms with Gasteiger partial charge in [-0.05, 0) is 17.5 Å². The molecule has 2 amide bonds. The van der Waals surface area contributed by atoms with Crippen molar-refractivity contribution in [1.29, 1.82) is 0 Å². The Morgan fingerprint density at radius 3 is 2.37 bits per heavy atom. The summed E-state index contributed by atoms with van der Waals surface area (Å²) in [6.45, 7) is 3.16. The van der Waals surface area contributed by atoms with Crippen molar-refractivity contribution in [3.63, 3.8) is 0 Å². The van der Waals surface area contributed by atoms with Crippen molar-refractivity contribution in [3.05, 3.63) is 35.4 Å². The first-order valence-corrected chi connectivity index (χ1v) is 6.44. The monoisotopic (exact) mass is 262 g/mol. The lowest BCUT2D eigenvalue weighted by Gasteiger charge is -2.18. The average molecular weight is 262 g/mol. The van der Waals surface area contributed by atoms with Crippen LogP contribution >= 0.6 is 0 Å². The summed E-state index contributed by atoms with van der Waals surface area (Å²) in [5.74, 6) is -1.39. The minimum absolute atomic E-state index is 0.178. The molecule has 1 atom stereocenters. The molecule has 1 heterocycles. The molecule has 1 aliphatic rings. The fourth-order valence-corrected chi connectivity index (χ4v) is 2.21. The van der Waals surface area contributed by atoms with E-state index in [1.165, 1.54) is 0 Å². The summed E-state index contributed by atoms with van der Waals surface area (Å²) in [5.41, 5.74) is 2.31. The Morgan fingerprint density at radius 2 is 1.89 bits per heavy atom. The molecule has 5 nitrogen and oxygen atoms in total. The van der Waals surface area contributed by atoms with Crippen LogP contribution in [0.25, 0.3) is 0 Å². The van der Waals surface area contributed by atoms with Crippen molar-refractivity contribution in [2.24, 2.45) is 5.92 Å². The van der Waals surface area contributed by atoms with Gasteiger partial charge in [0.1, 0.15) is 0 Å². The molecular weight excluding hydrogens is 244 g/mol. The Balaban J connectivity index is 1.88. The van der Waals surface area contributed by atoms with Gasteiger partial charge in [-0.15, -0.1) is 0 Å². The predicted octanol–water partition coefficient (Wildman–Crippen LogP) is 1.82. The second-order valence-corrected chi connectivity index (χ2v) is 4.75. The number of amides is 2. The molecule has 102 valence electrons. The topological polar surface area (TPSA) is 69.6 Å². The largest absolute Gasteiger partial charge is 0.481 e. The van der Waals surface area contributed by atoms with E-state index in [1.54, 1.807) is 11.8 Å². The first kappa shape index (κ1) is 13.4. The van der Waals surface area contributed by atoms with E-state index >= 15 is 0 Å². The normalized spacial score (nSPS) is 14.9. The Hall–Kier alpha value is -2.04. The SMILES string of the molecule is CCC(CNC(=O)N1Cc2ccccc2C1)C(=O)O. The first-order valence-electron chi connectivity index (χ1n) is 6.44. The molecule has 2 rings (SSSR count). The van der Waals surface area contributed by atoms with E-state index in [4.69, 9.17) is 5.11 Å². The highest BCUT2D eigenvalue weighted by atomic mass is 16.4. The standard InChI is InChI=1S/C14H18N2O3/c1-2-10(13(17)18)7-15-14(19)16-8-11-5-3-4-6-12(11)9-16/h3-6,10H,2,7-9H2,1H3,(H,15,19)(H,17,18). The van der Waals surface area contributed by atoms with Crippen molar-refractivity contribution in [1.82, 2.24) is 10.2 Å². The van der Waals surface area contributed by atoms with Crippen LogP contribution in [0, 0.1) is 5.92 Å². The van der Waals surface area contributed by atoms with Crippen LogP contribution in [-0.4, -0.2) is 28.6 Å². The summed E-state index contributed by atoms with van der Waals surface area (Å²) >= 11 is 0. The number of carbonyl (C=O) groups excluding carboxylic acids is 1. The zero-order chi connectivity index (χ0) is 13.8. The number of carbonyl (C=O) groups is 2. The van der Waals surface area contributed by atoms with Crippen LogP contribution in [0.1, 0.15) is 24.5 Å². The number of carboxylic acid groups (broad SMARTS) is 1. The van der Waals surface area contributed by atoms with Gasteiger partial charge in [-0.25, -0.2) is 4.79 Å². The van der Waals surface area contributed by atoms with E-state index in [2.05, 4.69) is 5.32 Å². The molecule has 2 N–H and O–H groups in total. The zero-order valence-corrected chi connectivity index (χ0v) is 10.9. The number of nitrogens with zero attached hydrogens (tertiary/aromatic N) is 1. The van der Waals surface area contributed by atoms with Gasteiger partial charge in [-0.2, -0.15) is 0 Å². The van der Waals surface area contributed by atoms with Gasteiger partial charge in [-0.3, -0.25) is 4.79 Å². The third kappa shape index (κ3) is 3.05. The maximum atomic E-state index is 12.0. The number of aliphatic carboxylic acids is 1.